The van der Waals surface area contributed by atoms with Crippen LogP contribution in [0.1, 0.15) is 69.1 Å². The molecule has 2 heteroatoms. The smallest absolute Gasteiger partial charge is 0.162 e. The van der Waals surface area contributed by atoms with Crippen molar-refractivity contribution in [3.05, 3.63) is 58.2 Å². The molecule has 1 aromatic rings. The van der Waals surface area contributed by atoms with Gasteiger partial charge in [0.05, 0.1) is 5.41 Å². The molecule has 2 nitrogen and oxygen atoms in total. The lowest BCUT2D eigenvalue weighted by Crippen LogP contribution is -2.39. The van der Waals surface area contributed by atoms with E-state index in [-0.39, 0.29) is 11.6 Å². The summed E-state index contributed by atoms with van der Waals surface area (Å²) in [6.45, 7) is 12.0. The summed E-state index contributed by atoms with van der Waals surface area (Å²) in [4.78, 5) is 25.9. The molecule has 1 saturated carbocycles. The van der Waals surface area contributed by atoms with Crippen molar-refractivity contribution >= 4 is 11.6 Å². The van der Waals surface area contributed by atoms with Crippen molar-refractivity contribution in [2.45, 2.75) is 71.6 Å². The minimum absolute atomic E-state index is 0.171. The van der Waals surface area contributed by atoms with Gasteiger partial charge in [0.2, 0.25) is 0 Å². The molecule has 2 aliphatic rings. The highest BCUT2D eigenvalue weighted by molar-refractivity contribution is 6.00. The van der Waals surface area contributed by atoms with Gasteiger partial charge in [-0.3, -0.25) is 9.59 Å². The van der Waals surface area contributed by atoms with E-state index in [9.17, 15) is 9.59 Å². The molecule has 138 valence electrons. The molecule has 0 saturated heterocycles. The van der Waals surface area contributed by atoms with Crippen molar-refractivity contribution < 1.29 is 9.59 Å². The number of carbonyl (C=O) groups excluding carboxylic acids is 2. The van der Waals surface area contributed by atoms with Gasteiger partial charge in [-0.25, -0.2) is 0 Å². The Balaban J connectivity index is 1.96. The fraction of sp³-hybridized carbons (Fsp3) is 0.500. The third-order valence-electron chi connectivity index (χ3n) is 6.59. The molecule has 0 N–H and O–H groups in total. The number of hydrogen-bond donors (Lipinski definition) is 0. The molecular formula is C24H30O2. The van der Waals surface area contributed by atoms with E-state index < -0.39 is 5.41 Å². The topological polar surface area (TPSA) is 34.1 Å². The average Bonchev–Trinajstić information content (AvgIpc) is 3.43. The highest BCUT2D eigenvalue weighted by Gasteiger charge is 2.43. The third kappa shape index (κ3) is 3.34. The van der Waals surface area contributed by atoms with E-state index >= 15 is 0 Å². The molecule has 0 aliphatic heterocycles. The van der Waals surface area contributed by atoms with E-state index in [2.05, 4.69) is 39.5 Å². The van der Waals surface area contributed by atoms with Gasteiger partial charge in [0.15, 0.2) is 5.78 Å². The van der Waals surface area contributed by atoms with E-state index in [4.69, 9.17) is 0 Å². The largest absolute Gasteiger partial charge is 0.299 e. The van der Waals surface area contributed by atoms with E-state index in [0.29, 0.717) is 18.8 Å². The second kappa shape index (κ2) is 6.98. The summed E-state index contributed by atoms with van der Waals surface area (Å²) >= 11 is 0. The van der Waals surface area contributed by atoms with Crippen LogP contribution in [0.4, 0.5) is 0 Å². The maximum Gasteiger partial charge on any atom is 0.162 e. The highest BCUT2D eigenvalue weighted by atomic mass is 16.1. The number of rotatable bonds is 6. The maximum absolute atomic E-state index is 13.0. The van der Waals surface area contributed by atoms with Crippen LogP contribution in [0, 0.1) is 19.8 Å². The number of benzene rings is 1. The molecule has 1 aromatic carbocycles. The number of ketones is 2. The number of allylic oxidation sites excluding steroid dienone is 3. The summed E-state index contributed by atoms with van der Waals surface area (Å²) in [5, 5.41) is 0. The summed E-state index contributed by atoms with van der Waals surface area (Å²) in [6, 6.07) is 6.20. The zero-order chi connectivity index (χ0) is 19.1. The van der Waals surface area contributed by atoms with Gasteiger partial charge < -0.3 is 0 Å². The van der Waals surface area contributed by atoms with Crippen LogP contribution in [0.25, 0.3) is 0 Å². The van der Waals surface area contributed by atoms with Crippen molar-refractivity contribution in [3.63, 3.8) is 0 Å². The lowest BCUT2D eigenvalue weighted by Gasteiger charge is -2.38. The SMILES string of the molecule is C=C(CC(=O)C1=C(C)CCC(C(C)=O)(c2cccc(C)c2C)C1)C1CC1. The second-order valence-corrected chi connectivity index (χ2v) is 8.35. The Bertz CT molecular complexity index is 807. The Kier molecular flexibility index (Phi) is 5.05. The first-order valence-electron chi connectivity index (χ1n) is 9.73. The van der Waals surface area contributed by atoms with Crippen LogP contribution >= 0.6 is 0 Å². The van der Waals surface area contributed by atoms with Crippen LogP contribution in [0.3, 0.4) is 0 Å². The third-order valence-corrected chi connectivity index (χ3v) is 6.59. The van der Waals surface area contributed by atoms with Gasteiger partial charge in [-0.15, -0.1) is 0 Å². The number of aryl methyl sites for hydroxylation is 1. The summed E-state index contributed by atoms with van der Waals surface area (Å²) < 4.78 is 0. The van der Waals surface area contributed by atoms with Crippen molar-refractivity contribution in [1.82, 2.24) is 0 Å². The first-order chi connectivity index (χ1) is 12.3. The van der Waals surface area contributed by atoms with Crippen molar-refractivity contribution in [2.75, 3.05) is 0 Å². The molecule has 1 fully saturated rings. The quantitative estimate of drug-likeness (QED) is 0.630. The Labute approximate surface area is 157 Å². The number of hydrogen-bond acceptors (Lipinski definition) is 2. The van der Waals surface area contributed by atoms with Crippen LogP contribution < -0.4 is 0 Å². The molecule has 0 radical (unpaired) electrons. The van der Waals surface area contributed by atoms with E-state index in [1.807, 2.05) is 6.07 Å². The summed E-state index contributed by atoms with van der Waals surface area (Å²) in [5.74, 6) is 0.889. The Morgan fingerprint density at radius 1 is 1.19 bits per heavy atom. The maximum atomic E-state index is 13.0. The Morgan fingerprint density at radius 2 is 1.88 bits per heavy atom. The molecule has 0 aromatic heterocycles. The fourth-order valence-corrected chi connectivity index (χ4v) is 4.37. The van der Waals surface area contributed by atoms with Gasteiger partial charge in [0, 0.05) is 6.42 Å². The van der Waals surface area contributed by atoms with Gasteiger partial charge >= 0.3 is 0 Å². The predicted molar refractivity (Wildman–Crippen MR) is 106 cm³/mol. The molecule has 0 bridgehead atoms. The van der Waals surface area contributed by atoms with Crippen molar-refractivity contribution in [3.8, 4) is 0 Å². The molecule has 0 spiro atoms. The molecular weight excluding hydrogens is 320 g/mol. The minimum atomic E-state index is -0.568. The lowest BCUT2D eigenvalue weighted by atomic mass is 9.63. The molecule has 1 atom stereocenters. The zero-order valence-electron chi connectivity index (χ0n) is 16.6. The number of carbonyl (C=O) groups is 2. The Hall–Kier alpha value is -1.96. The normalized spacial score (nSPS) is 23.1. The Morgan fingerprint density at radius 3 is 2.50 bits per heavy atom. The minimum Gasteiger partial charge on any atom is -0.299 e. The summed E-state index contributed by atoms with van der Waals surface area (Å²) in [7, 11) is 0. The van der Waals surface area contributed by atoms with Crippen LogP contribution in [0.5, 0.6) is 0 Å². The van der Waals surface area contributed by atoms with E-state index in [1.54, 1.807) is 6.92 Å². The zero-order valence-corrected chi connectivity index (χ0v) is 16.6. The van der Waals surface area contributed by atoms with Crippen LogP contribution in [0.15, 0.2) is 41.5 Å². The molecule has 0 amide bonds. The summed E-state index contributed by atoms with van der Waals surface area (Å²) in [6.07, 6.45) is 4.92. The van der Waals surface area contributed by atoms with Gasteiger partial charge in [-0.2, -0.15) is 0 Å². The first kappa shape index (κ1) is 18.8. The van der Waals surface area contributed by atoms with Crippen LogP contribution in [-0.2, 0) is 15.0 Å². The lowest BCUT2D eigenvalue weighted by molar-refractivity contribution is -0.123. The predicted octanol–water partition coefficient (Wildman–Crippen LogP) is 5.56. The van der Waals surface area contributed by atoms with Crippen molar-refractivity contribution in [2.24, 2.45) is 5.92 Å². The highest BCUT2D eigenvalue weighted by Crippen LogP contribution is 2.45. The van der Waals surface area contributed by atoms with Crippen molar-refractivity contribution in [1.29, 1.82) is 0 Å². The average molecular weight is 351 g/mol. The molecule has 26 heavy (non-hydrogen) atoms. The number of Topliss-reactive ketones (excluding diaryl/α,β-unsaturated/α-hetero) is 2. The van der Waals surface area contributed by atoms with Gasteiger partial charge in [0.25, 0.3) is 0 Å². The first-order valence-corrected chi connectivity index (χ1v) is 9.73. The van der Waals surface area contributed by atoms with Gasteiger partial charge in [-0.1, -0.05) is 35.9 Å². The standard InChI is InChI=1S/C24H30O2/c1-15-7-6-8-22(18(15)4)24(19(5)25)12-11-16(2)21(14-24)23(26)13-17(3)20-9-10-20/h6-8,20H,3,9-14H2,1-2,4-5H3. The summed E-state index contributed by atoms with van der Waals surface area (Å²) in [5.41, 5.74) is 6.00. The molecule has 2 aliphatic carbocycles. The van der Waals surface area contributed by atoms with Crippen LogP contribution in [-0.4, -0.2) is 11.6 Å². The second-order valence-electron chi connectivity index (χ2n) is 8.35. The van der Waals surface area contributed by atoms with Crippen LogP contribution in [0.2, 0.25) is 0 Å². The molecule has 3 rings (SSSR count). The monoisotopic (exact) mass is 350 g/mol. The molecule has 0 heterocycles. The van der Waals surface area contributed by atoms with E-state index in [0.717, 1.165) is 35.1 Å². The fourth-order valence-electron chi connectivity index (χ4n) is 4.37. The van der Waals surface area contributed by atoms with Gasteiger partial charge in [-0.05, 0) is 88.0 Å². The molecule has 1 unspecified atom stereocenters. The van der Waals surface area contributed by atoms with E-state index in [1.165, 1.54) is 24.0 Å². The van der Waals surface area contributed by atoms with Gasteiger partial charge in [0.1, 0.15) is 5.78 Å².